The van der Waals surface area contributed by atoms with Gasteiger partial charge in [-0.15, -0.1) is 11.8 Å². The number of rotatable bonds is 7. The third-order valence-electron chi connectivity index (χ3n) is 2.84. The lowest BCUT2D eigenvalue weighted by atomic mass is 10.2. The minimum absolute atomic E-state index is 0.637. The summed E-state index contributed by atoms with van der Waals surface area (Å²) in [4.78, 5) is 5.48. The number of hydrogen-bond acceptors (Lipinski definition) is 4. The fraction of sp³-hybridized carbons (Fsp3) is 0.312. The predicted molar refractivity (Wildman–Crippen MR) is 84.5 cm³/mol. The van der Waals surface area contributed by atoms with E-state index in [0.29, 0.717) is 5.88 Å². The van der Waals surface area contributed by atoms with Crippen molar-refractivity contribution in [1.82, 2.24) is 10.3 Å². The number of hydrogen-bond donors (Lipinski definition) is 1. The summed E-state index contributed by atoms with van der Waals surface area (Å²) in [5.74, 6) is 1.45. The molecular weight excluding hydrogens is 268 g/mol. The van der Waals surface area contributed by atoms with E-state index in [4.69, 9.17) is 4.74 Å². The lowest BCUT2D eigenvalue weighted by molar-refractivity contribution is 0.461. The smallest absolute Gasteiger partial charge is 0.219 e. The Hall–Kier alpha value is -1.52. The van der Waals surface area contributed by atoms with Crippen molar-refractivity contribution in [2.75, 3.05) is 12.8 Å². The van der Waals surface area contributed by atoms with Crippen LogP contribution in [0.1, 0.15) is 18.9 Å². The van der Waals surface area contributed by atoms with Crippen LogP contribution < -0.4 is 10.1 Å². The SMILES string of the molecule is CCCNCc1ccnc(Oc2ccc(SC)cc2)c1. The van der Waals surface area contributed by atoms with Crippen molar-refractivity contribution in [3.8, 4) is 11.6 Å². The maximum atomic E-state index is 5.78. The first-order chi connectivity index (χ1) is 9.81. The molecule has 1 aromatic carbocycles. The van der Waals surface area contributed by atoms with Crippen molar-refractivity contribution in [2.24, 2.45) is 0 Å². The molecule has 0 bridgehead atoms. The second-order valence-electron chi connectivity index (χ2n) is 4.46. The zero-order valence-electron chi connectivity index (χ0n) is 11.9. The number of aromatic nitrogens is 1. The standard InChI is InChI=1S/C16H20N2OS/c1-3-9-17-12-13-8-10-18-16(11-13)19-14-4-6-15(20-2)7-5-14/h4-8,10-11,17H,3,9,12H2,1-2H3. The largest absolute Gasteiger partial charge is 0.439 e. The topological polar surface area (TPSA) is 34.2 Å². The van der Waals surface area contributed by atoms with E-state index in [1.807, 2.05) is 36.4 Å². The molecule has 0 saturated carbocycles. The highest BCUT2D eigenvalue weighted by atomic mass is 32.2. The molecule has 2 rings (SSSR count). The molecule has 0 amide bonds. The number of thioether (sulfide) groups is 1. The number of benzene rings is 1. The van der Waals surface area contributed by atoms with Gasteiger partial charge in [-0.25, -0.2) is 4.98 Å². The zero-order chi connectivity index (χ0) is 14.2. The molecule has 0 radical (unpaired) electrons. The fourth-order valence-electron chi connectivity index (χ4n) is 1.79. The highest BCUT2D eigenvalue weighted by Crippen LogP contribution is 2.23. The molecular formula is C16H20N2OS. The van der Waals surface area contributed by atoms with Crippen LogP contribution in [-0.2, 0) is 6.54 Å². The fourth-order valence-corrected chi connectivity index (χ4v) is 2.20. The van der Waals surface area contributed by atoms with Gasteiger partial charge in [0.2, 0.25) is 5.88 Å². The van der Waals surface area contributed by atoms with Crippen LogP contribution in [0.25, 0.3) is 0 Å². The Morgan fingerprint density at radius 3 is 2.70 bits per heavy atom. The van der Waals surface area contributed by atoms with Crippen LogP contribution >= 0.6 is 11.8 Å². The van der Waals surface area contributed by atoms with Crippen molar-refractivity contribution in [1.29, 1.82) is 0 Å². The Labute approximate surface area is 124 Å². The van der Waals surface area contributed by atoms with Crippen LogP contribution in [-0.4, -0.2) is 17.8 Å². The van der Waals surface area contributed by atoms with Gasteiger partial charge in [-0.3, -0.25) is 0 Å². The Morgan fingerprint density at radius 1 is 1.20 bits per heavy atom. The van der Waals surface area contributed by atoms with E-state index in [2.05, 4.69) is 23.5 Å². The summed E-state index contributed by atoms with van der Waals surface area (Å²) in [6, 6.07) is 12.0. The van der Waals surface area contributed by atoms with Crippen LogP contribution in [0.5, 0.6) is 11.6 Å². The van der Waals surface area contributed by atoms with Gasteiger partial charge in [-0.1, -0.05) is 6.92 Å². The van der Waals surface area contributed by atoms with Crippen LogP contribution in [0.2, 0.25) is 0 Å². The molecule has 0 spiro atoms. The first kappa shape index (κ1) is 14.9. The third-order valence-corrected chi connectivity index (χ3v) is 3.58. The highest BCUT2D eigenvalue weighted by molar-refractivity contribution is 7.98. The average molecular weight is 288 g/mol. The maximum absolute atomic E-state index is 5.78. The van der Waals surface area contributed by atoms with Crippen molar-refractivity contribution < 1.29 is 4.74 Å². The van der Waals surface area contributed by atoms with Gasteiger partial charge in [0.25, 0.3) is 0 Å². The lowest BCUT2D eigenvalue weighted by Crippen LogP contribution is -2.13. The van der Waals surface area contributed by atoms with Gasteiger partial charge >= 0.3 is 0 Å². The van der Waals surface area contributed by atoms with E-state index in [9.17, 15) is 0 Å². The molecule has 0 atom stereocenters. The molecule has 106 valence electrons. The van der Waals surface area contributed by atoms with Crippen molar-refractivity contribution >= 4 is 11.8 Å². The number of nitrogens with one attached hydrogen (secondary N) is 1. The van der Waals surface area contributed by atoms with Crippen molar-refractivity contribution in [3.63, 3.8) is 0 Å². The molecule has 2 aromatic rings. The summed E-state index contributed by atoms with van der Waals surface area (Å²) in [6.45, 7) is 4.03. The van der Waals surface area contributed by atoms with Gasteiger partial charge in [-0.2, -0.15) is 0 Å². The summed E-state index contributed by atoms with van der Waals surface area (Å²) in [7, 11) is 0. The van der Waals surface area contributed by atoms with E-state index in [0.717, 1.165) is 25.3 Å². The quantitative estimate of drug-likeness (QED) is 0.614. The Balaban J connectivity index is 1.99. The molecule has 0 aliphatic heterocycles. The van der Waals surface area contributed by atoms with Crippen LogP contribution in [0, 0.1) is 0 Å². The molecule has 20 heavy (non-hydrogen) atoms. The summed E-state index contributed by atoms with van der Waals surface area (Å²) < 4.78 is 5.78. The summed E-state index contributed by atoms with van der Waals surface area (Å²) in [6.07, 6.45) is 4.98. The van der Waals surface area contributed by atoms with Gasteiger partial charge < -0.3 is 10.1 Å². The molecule has 0 aliphatic rings. The predicted octanol–water partition coefficient (Wildman–Crippen LogP) is 4.10. The van der Waals surface area contributed by atoms with E-state index in [1.54, 1.807) is 18.0 Å². The first-order valence-electron chi connectivity index (χ1n) is 6.79. The van der Waals surface area contributed by atoms with Gasteiger partial charge in [0.15, 0.2) is 0 Å². The van der Waals surface area contributed by atoms with Gasteiger partial charge in [-0.05, 0) is 55.1 Å². The molecule has 0 unspecified atom stereocenters. The maximum Gasteiger partial charge on any atom is 0.219 e. The highest BCUT2D eigenvalue weighted by Gasteiger charge is 2.01. The average Bonchev–Trinajstić information content (AvgIpc) is 2.49. The molecule has 0 saturated heterocycles. The van der Waals surface area contributed by atoms with Crippen LogP contribution in [0.15, 0.2) is 47.5 Å². The summed E-state index contributed by atoms with van der Waals surface area (Å²) in [5, 5.41) is 3.37. The number of pyridine rings is 1. The summed E-state index contributed by atoms with van der Waals surface area (Å²) in [5.41, 5.74) is 1.18. The molecule has 1 N–H and O–H groups in total. The second kappa shape index (κ2) is 7.92. The van der Waals surface area contributed by atoms with Gasteiger partial charge in [0.1, 0.15) is 5.75 Å². The lowest BCUT2D eigenvalue weighted by Gasteiger charge is -2.07. The molecule has 1 aromatic heterocycles. The van der Waals surface area contributed by atoms with E-state index in [1.165, 1.54) is 10.5 Å². The van der Waals surface area contributed by atoms with E-state index in [-0.39, 0.29) is 0 Å². The zero-order valence-corrected chi connectivity index (χ0v) is 12.7. The van der Waals surface area contributed by atoms with Crippen molar-refractivity contribution in [3.05, 3.63) is 48.2 Å². The molecule has 1 heterocycles. The molecule has 4 heteroatoms. The molecule has 3 nitrogen and oxygen atoms in total. The van der Waals surface area contributed by atoms with Crippen LogP contribution in [0.3, 0.4) is 0 Å². The minimum atomic E-state index is 0.637. The Bertz CT molecular complexity index is 528. The number of ether oxygens (including phenoxy) is 1. The number of nitrogens with zero attached hydrogens (tertiary/aromatic N) is 1. The van der Waals surface area contributed by atoms with E-state index < -0.39 is 0 Å². The summed E-state index contributed by atoms with van der Waals surface area (Å²) >= 11 is 1.72. The first-order valence-corrected chi connectivity index (χ1v) is 8.02. The van der Waals surface area contributed by atoms with E-state index >= 15 is 0 Å². The minimum Gasteiger partial charge on any atom is -0.439 e. The molecule has 0 aliphatic carbocycles. The van der Waals surface area contributed by atoms with Crippen LogP contribution in [0.4, 0.5) is 0 Å². The molecule has 0 fully saturated rings. The van der Waals surface area contributed by atoms with Crippen molar-refractivity contribution in [2.45, 2.75) is 24.8 Å². The van der Waals surface area contributed by atoms with Gasteiger partial charge in [0.05, 0.1) is 0 Å². The van der Waals surface area contributed by atoms with Gasteiger partial charge in [0, 0.05) is 23.7 Å². The monoisotopic (exact) mass is 288 g/mol. The Morgan fingerprint density at radius 2 is 2.00 bits per heavy atom. The Kier molecular flexibility index (Phi) is 5.89. The normalized spacial score (nSPS) is 10.5. The second-order valence-corrected chi connectivity index (χ2v) is 5.34. The third kappa shape index (κ3) is 4.54.